The van der Waals surface area contributed by atoms with E-state index in [0.717, 1.165) is 32.5 Å². The van der Waals surface area contributed by atoms with Crippen molar-refractivity contribution in [2.24, 2.45) is 0 Å². The van der Waals surface area contributed by atoms with Gasteiger partial charge in [-0.3, -0.25) is 4.79 Å². The van der Waals surface area contributed by atoms with E-state index in [1.807, 2.05) is 0 Å². The lowest BCUT2D eigenvalue weighted by atomic mass is 10.0. The number of carbonyl (C=O) groups is 1. The summed E-state index contributed by atoms with van der Waals surface area (Å²) < 4.78 is 0. The highest BCUT2D eigenvalue weighted by molar-refractivity contribution is 5.77. The first-order chi connectivity index (χ1) is 7.74. The number of carbonyl (C=O) groups excluding carboxylic acids is 1. The summed E-state index contributed by atoms with van der Waals surface area (Å²) in [5.41, 5.74) is 0. The summed E-state index contributed by atoms with van der Waals surface area (Å²) in [6, 6.07) is 0.786. The number of nitrogens with one attached hydrogen (secondary N) is 2. The Kier molecular flexibility index (Phi) is 4.18. The number of nitrogens with zero attached hydrogens (tertiary/aromatic N) is 1. The van der Waals surface area contributed by atoms with E-state index in [2.05, 4.69) is 22.6 Å². The largest absolute Gasteiger partial charge is 0.352 e. The van der Waals surface area contributed by atoms with Gasteiger partial charge < -0.3 is 15.5 Å². The highest BCUT2D eigenvalue weighted by atomic mass is 16.1. The van der Waals surface area contributed by atoms with Crippen molar-refractivity contribution in [3.63, 3.8) is 0 Å². The second-order valence-corrected chi connectivity index (χ2v) is 5.17. The van der Waals surface area contributed by atoms with Gasteiger partial charge in [-0.2, -0.15) is 0 Å². The molecule has 0 aromatic carbocycles. The minimum atomic E-state index is 0.222. The second kappa shape index (κ2) is 5.64. The van der Waals surface area contributed by atoms with E-state index in [-0.39, 0.29) is 5.91 Å². The maximum absolute atomic E-state index is 11.8. The molecule has 1 amide bonds. The van der Waals surface area contributed by atoms with Gasteiger partial charge in [0.15, 0.2) is 0 Å². The lowest BCUT2D eigenvalue weighted by Crippen LogP contribution is -2.42. The van der Waals surface area contributed by atoms with Crippen LogP contribution >= 0.6 is 0 Å². The van der Waals surface area contributed by atoms with Crippen LogP contribution in [0.15, 0.2) is 0 Å². The van der Waals surface area contributed by atoms with Crippen molar-refractivity contribution in [2.45, 2.75) is 44.2 Å². The molecule has 16 heavy (non-hydrogen) atoms. The second-order valence-electron chi connectivity index (χ2n) is 5.17. The summed E-state index contributed by atoms with van der Waals surface area (Å²) in [7, 11) is 2.11. The third kappa shape index (κ3) is 3.46. The third-order valence-corrected chi connectivity index (χ3v) is 3.60. The average Bonchev–Trinajstić information content (AvgIpc) is 2.65. The predicted octanol–water partition coefficient (Wildman–Crippen LogP) is 0.339. The zero-order valence-electron chi connectivity index (χ0n) is 10.2. The van der Waals surface area contributed by atoms with E-state index in [0.29, 0.717) is 18.5 Å². The lowest BCUT2D eigenvalue weighted by Gasteiger charge is -2.23. The molecule has 0 aromatic rings. The number of likely N-dealkylation sites (tertiary alicyclic amines) is 1. The predicted molar refractivity (Wildman–Crippen MR) is 64.3 cm³/mol. The van der Waals surface area contributed by atoms with E-state index in [1.165, 1.54) is 12.8 Å². The minimum Gasteiger partial charge on any atom is -0.352 e. The first kappa shape index (κ1) is 11.9. The van der Waals surface area contributed by atoms with Gasteiger partial charge in [0.05, 0.1) is 0 Å². The van der Waals surface area contributed by atoms with Gasteiger partial charge in [-0.25, -0.2) is 0 Å². The van der Waals surface area contributed by atoms with Gasteiger partial charge in [-0.1, -0.05) is 6.42 Å². The van der Waals surface area contributed by atoms with Gasteiger partial charge in [-0.15, -0.1) is 0 Å². The van der Waals surface area contributed by atoms with Gasteiger partial charge in [0.1, 0.15) is 0 Å². The van der Waals surface area contributed by atoms with Crippen LogP contribution in [-0.4, -0.2) is 49.6 Å². The number of hydrogen-bond donors (Lipinski definition) is 2. The van der Waals surface area contributed by atoms with E-state index in [4.69, 9.17) is 0 Å². The summed E-state index contributed by atoms with van der Waals surface area (Å²) in [5.74, 6) is 0.222. The highest BCUT2D eigenvalue weighted by Crippen LogP contribution is 2.11. The molecule has 0 radical (unpaired) electrons. The van der Waals surface area contributed by atoms with Crippen LogP contribution in [0, 0.1) is 0 Å². The van der Waals surface area contributed by atoms with Crippen LogP contribution < -0.4 is 10.6 Å². The minimum absolute atomic E-state index is 0.222. The maximum Gasteiger partial charge on any atom is 0.221 e. The van der Waals surface area contributed by atoms with Crippen molar-refractivity contribution in [1.29, 1.82) is 0 Å². The van der Waals surface area contributed by atoms with Gasteiger partial charge in [0, 0.05) is 25.0 Å². The number of amides is 1. The number of rotatable bonds is 3. The Balaban J connectivity index is 1.67. The smallest absolute Gasteiger partial charge is 0.221 e. The first-order valence-electron chi connectivity index (χ1n) is 6.45. The molecule has 0 spiro atoms. The van der Waals surface area contributed by atoms with Crippen LogP contribution in [0.1, 0.15) is 32.1 Å². The molecule has 2 unspecified atom stereocenters. The Labute approximate surface area is 97.8 Å². The van der Waals surface area contributed by atoms with Crippen LogP contribution in [0.2, 0.25) is 0 Å². The number of piperidine rings is 1. The Bertz CT molecular complexity index is 230. The topological polar surface area (TPSA) is 44.4 Å². The zero-order chi connectivity index (χ0) is 11.4. The Morgan fingerprint density at radius 3 is 2.94 bits per heavy atom. The van der Waals surface area contributed by atoms with Crippen molar-refractivity contribution < 1.29 is 4.79 Å². The number of likely N-dealkylation sites (N-methyl/N-ethyl adjacent to an activating group) is 1. The van der Waals surface area contributed by atoms with Gasteiger partial charge in [0.2, 0.25) is 5.91 Å². The monoisotopic (exact) mass is 225 g/mol. The zero-order valence-corrected chi connectivity index (χ0v) is 10.2. The van der Waals surface area contributed by atoms with Gasteiger partial charge in [-0.05, 0) is 39.4 Å². The quantitative estimate of drug-likeness (QED) is 0.728. The molecule has 2 saturated heterocycles. The summed E-state index contributed by atoms with van der Waals surface area (Å²) in [6.07, 6.45) is 5.42. The molecule has 0 bridgehead atoms. The van der Waals surface area contributed by atoms with Crippen molar-refractivity contribution in [2.75, 3.05) is 26.7 Å². The fraction of sp³-hybridized carbons (Fsp3) is 0.917. The molecule has 2 aliphatic rings. The van der Waals surface area contributed by atoms with E-state index in [1.54, 1.807) is 0 Å². The van der Waals surface area contributed by atoms with E-state index < -0.39 is 0 Å². The Hall–Kier alpha value is -0.610. The van der Waals surface area contributed by atoms with E-state index in [9.17, 15) is 4.79 Å². The molecule has 0 saturated carbocycles. The van der Waals surface area contributed by atoms with Crippen molar-refractivity contribution in [1.82, 2.24) is 15.5 Å². The molecule has 2 N–H and O–H groups in total. The molecule has 2 aliphatic heterocycles. The van der Waals surface area contributed by atoms with Gasteiger partial charge >= 0.3 is 0 Å². The molecule has 92 valence electrons. The molecule has 2 atom stereocenters. The standard InChI is InChI=1S/C12H23N3O/c1-15-7-5-11(9-15)14-12(16)8-10-4-2-3-6-13-10/h10-11,13H,2-9H2,1H3,(H,14,16). The molecule has 0 aromatic heterocycles. The Morgan fingerprint density at radius 2 is 2.31 bits per heavy atom. The molecule has 4 nitrogen and oxygen atoms in total. The first-order valence-corrected chi connectivity index (χ1v) is 6.45. The fourth-order valence-electron chi connectivity index (χ4n) is 2.66. The summed E-state index contributed by atoms with van der Waals surface area (Å²) in [4.78, 5) is 14.1. The molecule has 2 fully saturated rings. The molecular weight excluding hydrogens is 202 g/mol. The maximum atomic E-state index is 11.8. The summed E-state index contributed by atoms with van der Waals surface area (Å²) >= 11 is 0. The molecule has 2 heterocycles. The fourth-order valence-corrected chi connectivity index (χ4v) is 2.66. The molecule has 0 aliphatic carbocycles. The lowest BCUT2D eigenvalue weighted by molar-refractivity contribution is -0.122. The molecule has 2 rings (SSSR count). The summed E-state index contributed by atoms with van der Waals surface area (Å²) in [6.45, 7) is 3.18. The van der Waals surface area contributed by atoms with Crippen LogP contribution in [0.3, 0.4) is 0 Å². The Morgan fingerprint density at radius 1 is 1.44 bits per heavy atom. The van der Waals surface area contributed by atoms with Crippen molar-refractivity contribution in [3.8, 4) is 0 Å². The van der Waals surface area contributed by atoms with E-state index >= 15 is 0 Å². The summed E-state index contributed by atoms with van der Waals surface area (Å²) in [5, 5.41) is 6.55. The van der Waals surface area contributed by atoms with Crippen molar-refractivity contribution >= 4 is 5.91 Å². The highest BCUT2D eigenvalue weighted by Gasteiger charge is 2.22. The third-order valence-electron chi connectivity index (χ3n) is 3.60. The van der Waals surface area contributed by atoms with Crippen LogP contribution in [0.5, 0.6) is 0 Å². The SMILES string of the molecule is CN1CCC(NC(=O)CC2CCCCN2)C1. The van der Waals surface area contributed by atoms with Crippen LogP contribution in [0.25, 0.3) is 0 Å². The molecule has 4 heteroatoms. The van der Waals surface area contributed by atoms with Crippen molar-refractivity contribution in [3.05, 3.63) is 0 Å². The van der Waals surface area contributed by atoms with Crippen LogP contribution in [0.4, 0.5) is 0 Å². The molecular formula is C12H23N3O. The number of hydrogen-bond acceptors (Lipinski definition) is 3. The normalized spacial score (nSPS) is 31.6. The average molecular weight is 225 g/mol. The van der Waals surface area contributed by atoms with Crippen LogP contribution in [-0.2, 0) is 4.79 Å². The van der Waals surface area contributed by atoms with Gasteiger partial charge in [0.25, 0.3) is 0 Å².